The van der Waals surface area contributed by atoms with Crippen LogP contribution in [-0.2, 0) is 24.1 Å². The van der Waals surface area contributed by atoms with Gasteiger partial charge in [-0.25, -0.2) is 4.79 Å². The molecule has 26 heavy (non-hydrogen) atoms. The Morgan fingerprint density at radius 1 is 1.50 bits per heavy atom. The van der Waals surface area contributed by atoms with Crippen molar-refractivity contribution in [2.45, 2.75) is 39.2 Å². The van der Waals surface area contributed by atoms with Crippen LogP contribution in [0.4, 0.5) is 5.00 Å². The van der Waals surface area contributed by atoms with E-state index in [0.29, 0.717) is 22.2 Å². The predicted octanol–water partition coefficient (Wildman–Crippen LogP) is 3.56. The minimum absolute atomic E-state index is 0.305. The van der Waals surface area contributed by atoms with Gasteiger partial charge in [0.2, 0.25) is 0 Å². The molecule has 0 radical (unpaired) electrons. The van der Waals surface area contributed by atoms with E-state index in [9.17, 15) is 4.79 Å². The summed E-state index contributed by atoms with van der Waals surface area (Å²) >= 11 is 13.0. The monoisotopic (exact) mass is 412 g/mol. The Kier molecular flexibility index (Phi) is 6.16. The number of fused-ring (bicyclic) bond motifs is 1. The fraction of sp³-hybridized carbons (Fsp3) is 0.471. The van der Waals surface area contributed by atoms with E-state index in [0.717, 1.165) is 48.5 Å². The highest BCUT2D eigenvalue weighted by Gasteiger charge is 2.27. The third-order valence-electron chi connectivity index (χ3n) is 4.41. The van der Waals surface area contributed by atoms with E-state index in [1.54, 1.807) is 17.5 Å². The predicted molar refractivity (Wildman–Crippen MR) is 108 cm³/mol. The Hall–Kier alpha value is -1.64. The average Bonchev–Trinajstić information content (AvgIpc) is 3.28. The van der Waals surface area contributed by atoms with Gasteiger partial charge in [-0.05, 0) is 50.4 Å². The van der Waals surface area contributed by atoms with Crippen molar-refractivity contribution < 1.29 is 9.53 Å². The van der Waals surface area contributed by atoms with Gasteiger partial charge in [0.05, 0.1) is 29.6 Å². The maximum atomic E-state index is 12.1. The lowest BCUT2D eigenvalue weighted by Gasteiger charge is -2.11. The largest absolute Gasteiger partial charge is 0.465 e. The summed E-state index contributed by atoms with van der Waals surface area (Å²) in [7, 11) is 1.41. The minimum atomic E-state index is -0.305. The number of ether oxygens (including phenoxy) is 1. The van der Waals surface area contributed by atoms with Crippen LogP contribution in [0.5, 0.6) is 0 Å². The second-order valence-corrected chi connectivity index (χ2v) is 8.01. The van der Waals surface area contributed by atoms with E-state index in [-0.39, 0.29) is 5.97 Å². The van der Waals surface area contributed by atoms with Crippen molar-refractivity contribution in [2.24, 2.45) is 0 Å². The molecule has 0 saturated heterocycles. The van der Waals surface area contributed by atoms with Crippen molar-refractivity contribution in [2.75, 3.05) is 19.0 Å². The maximum Gasteiger partial charge on any atom is 0.341 e. The van der Waals surface area contributed by atoms with Crippen LogP contribution in [0.15, 0.2) is 6.20 Å². The van der Waals surface area contributed by atoms with E-state index in [1.807, 2.05) is 11.6 Å². The van der Waals surface area contributed by atoms with E-state index in [4.69, 9.17) is 28.6 Å². The van der Waals surface area contributed by atoms with Gasteiger partial charge in [-0.1, -0.05) is 11.6 Å². The van der Waals surface area contributed by atoms with Crippen LogP contribution in [0.2, 0.25) is 5.02 Å². The number of thiocarbonyl (C=S) groups is 1. The normalized spacial score (nSPS) is 12.7. The van der Waals surface area contributed by atoms with Gasteiger partial charge >= 0.3 is 5.97 Å². The molecule has 0 fully saturated rings. The van der Waals surface area contributed by atoms with Crippen LogP contribution >= 0.6 is 35.2 Å². The first-order chi connectivity index (χ1) is 12.5. The molecule has 2 aromatic heterocycles. The summed E-state index contributed by atoms with van der Waals surface area (Å²) in [5.41, 5.74) is 2.71. The number of aryl methyl sites for hydroxylation is 2. The van der Waals surface area contributed by atoms with Crippen LogP contribution in [-0.4, -0.2) is 34.5 Å². The number of hydrogen-bond acceptors (Lipinski definition) is 5. The summed E-state index contributed by atoms with van der Waals surface area (Å²) in [5, 5.41) is 12.5. The molecular formula is C17H21ClN4O2S2. The Labute approximate surface area is 166 Å². The highest BCUT2D eigenvalue weighted by molar-refractivity contribution is 7.80. The standard InChI is InChI=1S/C17H21ClN4O2S2/c1-10-12(18)9-20-22(10)8-4-7-19-17(25)21-15-14(16(23)24-2)11-5-3-6-13(11)26-15/h9H,3-8H2,1-2H3,(H2,19,21,25). The number of rotatable bonds is 6. The maximum absolute atomic E-state index is 12.1. The smallest absolute Gasteiger partial charge is 0.341 e. The average molecular weight is 413 g/mol. The number of thiophene rings is 1. The lowest BCUT2D eigenvalue weighted by Crippen LogP contribution is -2.30. The van der Waals surface area contributed by atoms with Gasteiger partial charge in [0.15, 0.2) is 5.11 Å². The third-order valence-corrected chi connectivity index (χ3v) is 6.24. The summed E-state index contributed by atoms with van der Waals surface area (Å²) in [6.07, 6.45) is 5.53. The van der Waals surface area contributed by atoms with Crippen molar-refractivity contribution in [3.63, 3.8) is 0 Å². The SMILES string of the molecule is COC(=O)c1c(NC(=S)NCCCn2ncc(Cl)c2C)sc2c1CCC2. The molecular weight excluding hydrogens is 392 g/mol. The molecule has 0 aliphatic heterocycles. The number of carbonyl (C=O) groups is 1. The summed E-state index contributed by atoms with van der Waals surface area (Å²) in [4.78, 5) is 13.4. The second-order valence-electron chi connectivity index (χ2n) is 6.09. The summed E-state index contributed by atoms with van der Waals surface area (Å²) in [5.74, 6) is -0.305. The number of esters is 1. The summed E-state index contributed by atoms with van der Waals surface area (Å²) in [6.45, 7) is 3.40. The summed E-state index contributed by atoms with van der Waals surface area (Å²) < 4.78 is 6.82. The molecule has 0 amide bonds. The zero-order valence-corrected chi connectivity index (χ0v) is 17.1. The molecule has 1 aliphatic carbocycles. The molecule has 140 valence electrons. The first-order valence-electron chi connectivity index (χ1n) is 8.47. The van der Waals surface area contributed by atoms with E-state index < -0.39 is 0 Å². The molecule has 0 spiro atoms. The minimum Gasteiger partial charge on any atom is -0.465 e. The van der Waals surface area contributed by atoms with Gasteiger partial charge in [0, 0.05) is 18.0 Å². The van der Waals surface area contributed by atoms with Crippen LogP contribution in [0.3, 0.4) is 0 Å². The molecule has 2 N–H and O–H groups in total. The summed E-state index contributed by atoms with van der Waals surface area (Å²) in [6, 6.07) is 0. The Morgan fingerprint density at radius 3 is 3.00 bits per heavy atom. The highest BCUT2D eigenvalue weighted by Crippen LogP contribution is 2.39. The van der Waals surface area contributed by atoms with Crippen molar-refractivity contribution in [3.05, 3.63) is 32.9 Å². The number of nitrogens with zero attached hydrogens (tertiary/aromatic N) is 2. The number of halogens is 1. The molecule has 0 atom stereocenters. The first kappa shape index (κ1) is 19.1. The third kappa shape index (κ3) is 4.02. The number of aromatic nitrogens is 2. The zero-order valence-electron chi connectivity index (χ0n) is 14.7. The van der Waals surface area contributed by atoms with Gasteiger partial charge in [0.25, 0.3) is 0 Å². The molecule has 0 bridgehead atoms. The van der Waals surface area contributed by atoms with Crippen molar-refractivity contribution in [3.8, 4) is 0 Å². The number of carbonyl (C=O) groups excluding carboxylic acids is 1. The molecule has 9 heteroatoms. The molecule has 1 aliphatic rings. The zero-order chi connectivity index (χ0) is 18.7. The quantitative estimate of drug-likeness (QED) is 0.429. The lowest BCUT2D eigenvalue weighted by molar-refractivity contribution is 0.0601. The van der Waals surface area contributed by atoms with Gasteiger partial charge < -0.3 is 15.4 Å². The Morgan fingerprint density at radius 2 is 2.31 bits per heavy atom. The molecule has 0 aromatic carbocycles. The van der Waals surface area contributed by atoms with Gasteiger partial charge in [-0.15, -0.1) is 11.3 Å². The van der Waals surface area contributed by atoms with E-state index >= 15 is 0 Å². The molecule has 6 nitrogen and oxygen atoms in total. The Balaban J connectivity index is 1.54. The van der Waals surface area contributed by atoms with Crippen molar-refractivity contribution >= 4 is 51.2 Å². The van der Waals surface area contributed by atoms with Crippen molar-refractivity contribution in [1.82, 2.24) is 15.1 Å². The van der Waals surface area contributed by atoms with E-state index in [2.05, 4.69) is 15.7 Å². The Bertz CT molecular complexity index is 831. The van der Waals surface area contributed by atoms with Gasteiger partial charge in [-0.2, -0.15) is 5.10 Å². The fourth-order valence-corrected chi connectivity index (χ4v) is 4.73. The number of anilines is 1. The highest BCUT2D eigenvalue weighted by atomic mass is 35.5. The lowest BCUT2D eigenvalue weighted by atomic mass is 10.1. The van der Waals surface area contributed by atoms with Gasteiger partial charge in [-0.3, -0.25) is 4.68 Å². The number of hydrogen-bond donors (Lipinski definition) is 2. The van der Waals surface area contributed by atoms with Crippen LogP contribution in [0, 0.1) is 6.92 Å². The first-order valence-corrected chi connectivity index (χ1v) is 10.1. The molecule has 0 unspecified atom stereocenters. The second kappa shape index (κ2) is 8.37. The molecule has 0 saturated carbocycles. The molecule has 2 aromatic rings. The van der Waals surface area contributed by atoms with Gasteiger partial charge in [0.1, 0.15) is 5.00 Å². The van der Waals surface area contributed by atoms with Crippen LogP contribution in [0.25, 0.3) is 0 Å². The topological polar surface area (TPSA) is 68.2 Å². The fourth-order valence-electron chi connectivity index (χ4n) is 3.04. The van der Waals surface area contributed by atoms with E-state index in [1.165, 1.54) is 12.0 Å². The molecule has 2 heterocycles. The number of methoxy groups -OCH3 is 1. The number of nitrogens with one attached hydrogen (secondary N) is 2. The van der Waals surface area contributed by atoms with Crippen molar-refractivity contribution in [1.29, 1.82) is 0 Å². The van der Waals surface area contributed by atoms with Crippen LogP contribution in [0.1, 0.15) is 39.3 Å². The van der Waals surface area contributed by atoms with Crippen LogP contribution < -0.4 is 10.6 Å². The molecule has 3 rings (SSSR count).